The monoisotopic (exact) mass is 544 g/mol. The molecule has 5 heteroatoms. The quantitative estimate of drug-likeness (QED) is 0.219. The van der Waals surface area contributed by atoms with Crippen LogP contribution in [0, 0.1) is 25.7 Å². The number of fused-ring (bicyclic) bond motifs is 3. The van der Waals surface area contributed by atoms with Gasteiger partial charge in [0, 0.05) is 43.4 Å². The average molecular weight is 545 g/mol. The van der Waals surface area contributed by atoms with Crippen LogP contribution in [0.1, 0.15) is 81.3 Å². The van der Waals surface area contributed by atoms with Gasteiger partial charge in [0.2, 0.25) is 0 Å². The van der Waals surface area contributed by atoms with Crippen LogP contribution in [-0.4, -0.2) is 31.1 Å². The van der Waals surface area contributed by atoms with Crippen LogP contribution in [0.4, 0.5) is 5.69 Å². The second-order valence-electron chi connectivity index (χ2n) is 11.8. The zero-order valence-electron chi connectivity index (χ0n) is 25.8. The fraction of sp³-hybridized carbons (Fsp3) is 0.514. The molecule has 5 nitrogen and oxygen atoms in total. The molecule has 40 heavy (non-hydrogen) atoms. The summed E-state index contributed by atoms with van der Waals surface area (Å²) in [5, 5.41) is 0. The number of carbonyl (C=O) groups is 1. The van der Waals surface area contributed by atoms with Crippen LogP contribution in [0.2, 0.25) is 0 Å². The topological polar surface area (TPSA) is 43.7 Å². The van der Waals surface area contributed by atoms with Gasteiger partial charge in [-0.25, -0.2) is 0 Å². The standard InChI is InChI=1S/C35H48N2O3/c1-9-16-35(34-12-11-18-36(34)30-14-13-24(3)19-31(30)37(35)10-2)17-15-25(4)27(6)32(38)21-28-20-26(5)29(23-39-7)33(22-28)40-8/h11-14,18-20,22,25,27H,9-10,15-17,21,23H2,1-8H3. The van der Waals surface area contributed by atoms with E-state index < -0.39 is 0 Å². The van der Waals surface area contributed by atoms with E-state index in [9.17, 15) is 4.79 Å². The molecule has 0 N–H and O–H groups in total. The molecule has 0 fully saturated rings. The highest BCUT2D eigenvalue weighted by molar-refractivity contribution is 5.83. The molecule has 3 unspecified atom stereocenters. The molecule has 1 aromatic heterocycles. The molecule has 4 rings (SSSR count). The molecule has 3 aromatic rings. The molecule has 0 bridgehead atoms. The van der Waals surface area contributed by atoms with Gasteiger partial charge in [0.05, 0.1) is 30.6 Å². The molecule has 2 heterocycles. The minimum Gasteiger partial charge on any atom is -0.496 e. The van der Waals surface area contributed by atoms with E-state index in [-0.39, 0.29) is 17.4 Å². The number of rotatable bonds is 13. The summed E-state index contributed by atoms with van der Waals surface area (Å²) in [7, 11) is 3.37. The average Bonchev–Trinajstić information content (AvgIpc) is 3.43. The van der Waals surface area contributed by atoms with Gasteiger partial charge in [0.1, 0.15) is 11.5 Å². The summed E-state index contributed by atoms with van der Waals surface area (Å²) >= 11 is 0. The van der Waals surface area contributed by atoms with E-state index >= 15 is 0 Å². The zero-order chi connectivity index (χ0) is 29.0. The number of carbonyl (C=O) groups excluding carboxylic acids is 1. The van der Waals surface area contributed by atoms with Gasteiger partial charge in [-0.15, -0.1) is 0 Å². The minimum atomic E-state index is -0.0908. The molecule has 0 amide bonds. The highest BCUT2D eigenvalue weighted by Gasteiger charge is 2.44. The van der Waals surface area contributed by atoms with Gasteiger partial charge >= 0.3 is 0 Å². The van der Waals surface area contributed by atoms with E-state index in [4.69, 9.17) is 9.47 Å². The van der Waals surface area contributed by atoms with Crippen molar-refractivity contribution in [1.29, 1.82) is 0 Å². The van der Waals surface area contributed by atoms with Crippen molar-refractivity contribution in [2.75, 3.05) is 25.7 Å². The summed E-state index contributed by atoms with van der Waals surface area (Å²) < 4.78 is 13.4. The van der Waals surface area contributed by atoms with Crippen LogP contribution in [-0.2, 0) is 28.1 Å². The Morgan fingerprint density at radius 1 is 1.00 bits per heavy atom. The van der Waals surface area contributed by atoms with Gasteiger partial charge in [-0.05, 0) is 93.0 Å². The van der Waals surface area contributed by atoms with E-state index in [1.54, 1.807) is 14.2 Å². The van der Waals surface area contributed by atoms with E-state index in [2.05, 4.69) is 93.6 Å². The maximum Gasteiger partial charge on any atom is 0.140 e. The lowest BCUT2D eigenvalue weighted by molar-refractivity contribution is -0.123. The number of aryl methyl sites for hydroxylation is 2. The van der Waals surface area contributed by atoms with Gasteiger partial charge < -0.3 is 18.9 Å². The van der Waals surface area contributed by atoms with Crippen LogP contribution in [0.15, 0.2) is 48.7 Å². The number of nitrogens with zero attached hydrogens (tertiary/aromatic N) is 2. The first-order valence-corrected chi connectivity index (χ1v) is 14.9. The van der Waals surface area contributed by atoms with Gasteiger partial charge in [-0.2, -0.15) is 0 Å². The highest BCUT2D eigenvalue weighted by Crippen LogP contribution is 2.48. The van der Waals surface area contributed by atoms with Gasteiger partial charge in [-0.3, -0.25) is 4.79 Å². The summed E-state index contributed by atoms with van der Waals surface area (Å²) in [6, 6.07) is 15.4. The van der Waals surface area contributed by atoms with Crippen LogP contribution in [0.25, 0.3) is 5.69 Å². The third-order valence-electron chi connectivity index (χ3n) is 9.16. The first-order chi connectivity index (χ1) is 19.2. The SMILES string of the molecule is CCCC1(CCC(C)C(C)C(=O)Cc2cc(C)c(COC)c(OC)c2)c2cccn2-c2ccc(C)cc2N1CC. The van der Waals surface area contributed by atoms with Crippen LogP contribution in [0.5, 0.6) is 5.75 Å². The molecule has 0 aliphatic carbocycles. The minimum absolute atomic E-state index is 0.0244. The second kappa shape index (κ2) is 12.6. The molecule has 3 atom stereocenters. The smallest absolute Gasteiger partial charge is 0.140 e. The van der Waals surface area contributed by atoms with Gasteiger partial charge in [0.15, 0.2) is 0 Å². The Bertz CT molecular complexity index is 1330. The third-order valence-corrected chi connectivity index (χ3v) is 9.16. The molecule has 1 aliphatic rings. The maximum atomic E-state index is 13.5. The Labute approximate surface area is 241 Å². The molecule has 0 radical (unpaired) electrons. The van der Waals surface area contributed by atoms with Gasteiger partial charge in [-0.1, -0.05) is 39.3 Å². The van der Waals surface area contributed by atoms with E-state index in [1.807, 2.05) is 6.07 Å². The number of aromatic nitrogens is 1. The second-order valence-corrected chi connectivity index (χ2v) is 11.8. The number of ether oxygens (including phenoxy) is 2. The fourth-order valence-electron chi connectivity index (χ4n) is 6.80. The lowest BCUT2D eigenvalue weighted by Gasteiger charge is -2.50. The number of benzene rings is 2. The molecular formula is C35H48N2O3. The number of ketones is 1. The molecular weight excluding hydrogens is 496 g/mol. The zero-order valence-corrected chi connectivity index (χ0v) is 25.8. The van der Waals surface area contributed by atoms with Crippen molar-refractivity contribution in [3.63, 3.8) is 0 Å². The molecule has 0 spiro atoms. The van der Waals surface area contributed by atoms with E-state index in [1.165, 1.54) is 22.6 Å². The summed E-state index contributed by atoms with van der Waals surface area (Å²) in [6.07, 6.45) is 6.83. The van der Waals surface area contributed by atoms with Crippen molar-refractivity contribution in [3.8, 4) is 11.4 Å². The van der Waals surface area contributed by atoms with Crippen molar-refractivity contribution in [1.82, 2.24) is 4.57 Å². The number of methoxy groups -OCH3 is 2. The predicted octanol–water partition coefficient (Wildman–Crippen LogP) is 7.95. The van der Waals surface area contributed by atoms with E-state index in [0.29, 0.717) is 18.8 Å². The summed E-state index contributed by atoms with van der Waals surface area (Å²) in [4.78, 5) is 16.2. The first-order valence-electron chi connectivity index (χ1n) is 14.9. The first kappa shape index (κ1) is 29.9. The summed E-state index contributed by atoms with van der Waals surface area (Å²) in [5.41, 5.74) is 8.29. The molecule has 2 aromatic carbocycles. The normalized spacial score (nSPS) is 17.8. The molecule has 0 saturated heterocycles. The molecule has 1 aliphatic heterocycles. The lowest BCUT2D eigenvalue weighted by atomic mass is 9.76. The van der Waals surface area contributed by atoms with Crippen molar-refractivity contribution >= 4 is 11.5 Å². The van der Waals surface area contributed by atoms with Crippen molar-refractivity contribution in [2.24, 2.45) is 11.8 Å². The summed E-state index contributed by atoms with van der Waals surface area (Å²) in [5.74, 6) is 1.34. The Morgan fingerprint density at radius 3 is 2.45 bits per heavy atom. The number of Topliss-reactive ketones (excluding diaryl/α,β-unsaturated/α-hetero) is 1. The summed E-state index contributed by atoms with van der Waals surface area (Å²) in [6.45, 7) is 14.6. The Balaban J connectivity index is 1.55. The van der Waals surface area contributed by atoms with Crippen molar-refractivity contribution in [2.45, 2.75) is 85.8 Å². The van der Waals surface area contributed by atoms with Crippen LogP contribution in [0.3, 0.4) is 0 Å². The largest absolute Gasteiger partial charge is 0.496 e. The third kappa shape index (κ3) is 5.58. The number of hydrogen-bond acceptors (Lipinski definition) is 4. The predicted molar refractivity (Wildman–Crippen MR) is 165 cm³/mol. The Morgan fingerprint density at radius 2 is 1.77 bits per heavy atom. The molecule has 216 valence electrons. The fourth-order valence-corrected chi connectivity index (χ4v) is 6.80. The van der Waals surface area contributed by atoms with Crippen LogP contribution < -0.4 is 9.64 Å². The van der Waals surface area contributed by atoms with E-state index in [0.717, 1.165) is 54.7 Å². The Kier molecular flexibility index (Phi) is 9.45. The van der Waals surface area contributed by atoms with Crippen molar-refractivity contribution < 1.29 is 14.3 Å². The number of anilines is 1. The Hall–Kier alpha value is -3.05. The lowest BCUT2D eigenvalue weighted by Crippen LogP contribution is -2.50. The van der Waals surface area contributed by atoms with Gasteiger partial charge in [0.25, 0.3) is 0 Å². The van der Waals surface area contributed by atoms with Crippen LogP contribution >= 0.6 is 0 Å². The maximum absolute atomic E-state index is 13.5. The molecule has 0 saturated carbocycles. The van der Waals surface area contributed by atoms with Crippen molar-refractivity contribution in [3.05, 3.63) is 76.6 Å². The highest BCUT2D eigenvalue weighted by atomic mass is 16.5. The number of hydrogen-bond donors (Lipinski definition) is 0.